The number of benzene rings is 1. The largest absolute Gasteiger partial charge is 0.396 e. The second kappa shape index (κ2) is 6.61. The van der Waals surface area contributed by atoms with Crippen molar-refractivity contribution in [3.8, 4) is 0 Å². The van der Waals surface area contributed by atoms with E-state index in [9.17, 15) is 0 Å². The lowest BCUT2D eigenvalue weighted by Gasteiger charge is -2.04. The van der Waals surface area contributed by atoms with E-state index < -0.39 is 0 Å². The maximum atomic E-state index is 8.63. The highest BCUT2D eigenvalue weighted by atomic mass is 16.2. The Kier molecular flexibility index (Phi) is 5.31. The molecule has 14 heavy (non-hydrogen) atoms. The first-order valence-electron chi connectivity index (χ1n) is 5.50. The van der Waals surface area contributed by atoms with Gasteiger partial charge in [0.2, 0.25) is 0 Å². The SMILES string of the molecule is Cc1ccccc1CCCCCCO. The molecule has 0 radical (unpaired) electrons. The van der Waals surface area contributed by atoms with Gasteiger partial charge in [-0.15, -0.1) is 0 Å². The minimum atomic E-state index is 0.338. The number of aliphatic hydroxyl groups excluding tert-OH is 1. The van der Waals surface area contributed by atoms with E-state index in [0.717, 1.165) is 12.8 Å². The predicted molar refractivity (Wildman–Crippen MR) is 60.4 cm³/mol. The third-order valence-electron chi connectivity index (χ3n) is 2.62. The van der Waals surface area contributed by atoms with E-state index in [4.69, 9.17) is 5.11 Å². The van der Waals surface area contributed by atoms with Crippen molar-refractivity contribution in [3.05, 3.63) is 35.4 Å². The van der Waals surface area contributed by atoms with Crippen molar-refractivity contribution in [2.45, 2.75) is 39.0 Å². The van der Waals surface area contributed by atoms with Crippen molar-refractivity contribution in [2.75, 3.05) is 6.61 Å². The van der Waals surface area contributed by atoms with E-state index in [1.165, 1.54) is 30.4 Å². The van der Waals surface area contributed by atoms with E-state index in [1.807, 2.05) is 0 Å². The highest BCUT2D eigenvalue weighted by molar-refractivity contribution is 5.25. The summed E-state index contributed by atoms with van der Waals surface area (Å²) in [6.45, 7) is 2.51. The molecule has 0 fully saturated rings. The number of unbranched alkanes of at least 4 members (excludes halogenated alkanes) is 3. The molecule has 0 aromatic heterocycles. The number of aliphatic hydroxyl groups is 1. The van der Waals surface area contributed by atoms with Gasteiger partial charge in [0.1, 0.15) is 0 Å². The zero-order valence-electron chi connectivity index (χ0n) is 9.00. The molecule has 0 spiro atoms. The van der Waals surface area contributed by atoms with E-state index in [2.05, 4.69) is 31.2 Å². The van der Waals surface area contributed by atoms with Crippen LogP contribution in [0.15, 0.2) is 24.3 Å². The van der Waals surface area contributed by atoms with Crippen molar-refractivity contribution in [1.82, 2.24) is 0 Å². The molecule has 0 heterocycles. The fourth-order valence-electron chi connectivity index (χ4n) is 1.67. The van der Waals surface area contributed by atoms with Crippen LogP contribution in [0.1, 0.15) is 36.8 Å². The Balaban J connectivity index is 2.21. The first kappa shape index (κ1) is 11.3. The van der Waals surface area contributed by atoms with E-state index in [1.54, 1.807) is 0 Å². The highest BCUT2D eigenvalue weighted by Crippen LogP contribution is 2.11. The molecule has 78 valence electrons. The molecule has 0 amide bonds. The molecule has 1 rings (SSSR count). The average Bonchev–Trinajstić information content (AvgIpc) is 2.20. The van der Waals surface area contributed by atoms with Gasteiger partial charge in [0.05, 0.1) is 0 Å². The molecule has 1 N–H and O–H groups in total. The monoisotopic (exact) mass is 192 g/mol. The summed E-state index contributed by atoms with van der Waals surface area (Å²) in [7, 11) is 0. The third kappa shape index (κ3) is 3.93. The molecule has 1 aromatic rings. The van der Waals surface area contributed by atoms with Crippen LogP contribution in [0.25, 0.3) is 0 Å². The summed E-state index contributed by atoms with van der Waals surface area (Å²) >= 11 is 0. The molecule has 0 aliphatic heterocycles. The molecular formula is C13H20O. The van der Waals surface area contributed by atoms with Crippen LogP contribution >= 0.6 is 0 Å². The summed E-state index contributed by atoms with van der Waals surface area (Å²) < 4.78 is 0. The number of rotatable bonds is 6. The number of hydrogen-bond donors (Lipinski definition) is 1. The van der Waals surface area contributed by atoms with Gasteiger partial charge in [0.25, 0.3) is 0 Å². The standard InChI is InChI=1S/C13H20O/c1-12-8-5-6-10-13(12)9-4-2-3-7-11-14/h5-6,8,10,14H,2-4,7,9,11H2,1H3. The van der Waals surface area contributed by atoms with Crippen LogP contribution in [-0.2, 0) is 6.42 Å². The zero-order valence-corrected chi connectivity index (χ0v) is 9.00. The van der Waals surface area contributed by atoms with E-state index in [-0.39, 0.29) is 0 Å². The van der Waals surface area contributed by atoms with Gasteiger partial charge >= 0.3 is 0 Å². The first-order valence-corrected chi connectivity index (χ1v) is 5.50. The van der Waals surface area contributed by atoms with Crippen LogP contribution in [0.5, 0.6) is 0 Å². The maximum absolute atomic E-state index is 8.63. The average molecular weight is 192 g/mol. The normalized spacial score (nSPS) is 10.4. The molecule has 0 bridgehead atoms. The lowest BCUT2D eigenvalue weighted by molar-refractivity contribution is 0.282. The molecule has 0 aliphatic rings. The van der Waals surface area contributed by atoms with Gasteiger partial charge < -0.3 is 5.11 Å². The number of aryl methyl sites for hydroxylation is 2. The maximum Gasteiger partial charge on any atom is 0.0431 e. The Morgan fingerprint density at radius 1 is 1.00 bits per heavy atom. The van der Waals surface area contributed by atoms with E-state index in [0.29, 0.717) is 6.61 Å². The summed E-state index contributed by atoms with van der Waals surface area (Å²) in [4.78, 5) is 0. The Morgan fingerprint density at radius 3 is 2.43 bits per heavy atom. The second-order valence-electron chi connectivity index (χ2n) is 3.81. The van der Waals surface area contributed by atoms with Crippen molar-refractivity contribution in [1.29, 1.82) is 0 Å². The Labute approximate surface area is 86.8 Å². The minimum absolute atomic E-state index is 0.338. The predicted octanol–water partition coefficient (Wildman–Crippen LogP) is 3.09. The molecular weight excluding hydrogens is 172 g/mol. The molecule has 0 saturated heterocycles. The van der Waals surface area contributed by atoms with E-state index >= 15 is 0 Å². The first-order chi connectivity index (χ1) is 6.84. The molecule has 0 saturated carbocycles. The van der Waals surface area contributed by atoms with Gasteiger partial charge in [-0.3, -0.25) is 0 Å². The Bertz CT molecular complexity index is 255. The van der Waals surface area contributed by atoms with Crippen LogP contribution in [0.2, 0.25) is 0 Å². The molecule has 1 heteroatoms. The fourth-order valence-corrected chi connectivity index (χ4v) is 1.67. The van der Waals surface area contributed by atoms with Crippen LogP contribution in [-0.4, -0.2) is 11.7 Å². The summed E-state index contributed by atoms with van der Waals surface area (Å²) in [5.41, 5.74) is 2.87. The van der Waals surface area contributed by atoms with Gasteiger partial charge in [0.15, 0.2) is 0 Å². The van der Waals surface area contributed by atoms with Gasteiger partial charge in [-0.1, -0.05) is 37.1 Å². The molecule has 0 unspecified atom stereocenters. The highest BCUT2D eigenvalue weighted by Gasteiger charge is 1.96. The summed E-state index contributed by atoms with van der Waals surface area (Å²) in [5.74, 6) is 0. The molecule has 1 aromatic carbocycles. The Hall–Kier alpha value is -0.820. The molecule has 0 aliphatic carbocycles. The van der Waals surface area contributed by atoms with Gasteiger partial charge in [-0.2, -0.15) is 0 Å². The third-order valence-corrected chi connectivity index (χ3v) is 2.62. The minimum Gasteiger partial charge on any atom is -0.396 e. The smallest absolute Gasteiger partial charge is 0.0431 e. The molecule has 0 atom stereocenters. The second-order valence-corrected chi connectivity index (χ2v) is 3.81. The van der Waals surface area contributed by atoms with Crippen LogP contribution in [0.3, 0.4) is 0 Å². The lowest BCUT2D eigenvalue weighted by atomic mass is 10.0. The quantitative estimate of drug-likeness (QED) is 0.687. The zero-order chi connectivity index (χ0) is 10.2. The fraction of sp³-hybridized carbons (Fsp3) is 0.538. The van der Waals surface area contributed by atoms with Crippen LogP contribution in [0.4, 0.5) is 0 Å². The summed E-state index contributed by atoms with van der Waals surface area (Å²) in [6, 6.07) is 8.57. The van der Waals surface area contributed by atoms with Crippen molar-refractivity contribution >= 4 is 0 Å². The van der Waals surface area contributed by atoms with Crippen molar-refractivity contribution in [2.24, 2.45) is 0 Å². The van der Waals surface area contributed by atoms with Crippen molar-refractivity contribution in [3.63, 3.8) is 0 Å². The van der Waals surface area contributed by atoms with Gasteiger partial charge in [-0.05, 0) is 37.3 Å². The Morgan fingerprint density at radius 2 is 1.71 bits per heavy atom. The van der Waals surface area contributed by atoms with Crippen molar-refractivity contribution < 1.29 is 5.11 Å². The van der Waals surface area contributed by atoms with Gasteiger partial charge in [-0.25, -0.2) is 0 Å². The summed E-state index contributed by atoms with van der Waals surface area (Å²) in [5, 5.41) is 8.63. The van der Waals surface area contributed by atoms with Crippen LogP contribution < -0.4 is 0 Å². The number of hydrogen-bond acceptors (Lipinski definition) is 1. The summed E-state index contributed by atoms with van der Waals surface area (Å²) in [6.07, 6.45) is 5.76. The molecule has 1 nitrogen and oxygen atoms in total. The van der Waals surface area contributed by atoms with Crippen LogP contribution in [0, 0.1) is 6.92 Å². The lowest BCUT2D eigenvalue weighted by Crippen LogP contribution is -1.90. The topological polar surface area (TPSA) is 20.2 Å². The van der Waals surface area contributed by atoms with Gasteiger partial charge in [0, 0.05) is 6.61 Å².